The highest BCUT2D eigenvalue weighted by Crippen LogP contribution is 2.24. The molecule has 2 rings (SSSR count). The standard InChI is InChI=1S/C13H19NO4S2/c1-11-6-8-14(9-7-11)20(17,18)13-5-3-4-12(10-13)19(2,15)16/h3-5,10-11H,6-9H2,1-2H3. The Morgan fingerprint density at radius 3 is 2.15 bits per heavy atom. The van der Waals surface area contributed by atoms with Crippen LogP contribution in [0.5, 0.6) is 0 Å². The third kappa shape index (κ3) is 3.21. The zero-order chi connectivity index (χ0) is 15.0. The number of rotatable bonds is 3. The number of sulfonamides is 1. The van der Waals surface area contributed by atoms with Crippen molar-refractivity contribution in [3.05, 3.63) is 24.3 Å². The second-order valence-corrected chi connectivity index (χ2v) is 9.29. The molecule has 1 aromatic rings. The molecule has 1 aromatic carbocycles. The summed E-state index contributed by atoms with van der Waals surface area (Å²) in [5, 5.41) is 0. The molecule has 0 amide bonds. The van der Waals surface area contributed by atoms with E-state index in [0.717, 1.165) is 19.1 Å². The molecule has 0 unspecified atom stereocenters. The number of nitrogens with zero attached hydrogens (tertiary/aromatic N) is 1. The Bertz CT molecular complexity index is 687. The normalized spacial score (nSPS) is 19.1. The Kier molecular flexibility index (Phi) is 4.22. The van der Waals surface area contributed by atoms with Crippen LogP contribution in [0.4, 0.5) is 0 Å². The Balaban J connectivity index is 2.35. The van der Waals surface area contributed by atoms with E-state index in [1.54, 1.807) is 0 Å². The predicted molar refractivity (Wildman–Crippen MR) is 76.7 cm³/mol. The van der Waals surface area contributed by atoms with Crippen LogP contribution in [0.1, 0.15) is 19.8 Å². The Morgan fingerprint density at radius 2 is 1.60 bits per heavy atom. The van der Waals surface area contributed by atoms with E-state index in [0.29, 0.717) is 19.0 Å². The predicted octanol–water partition coefficient (Wildman–Crippen LogP) is 1.51. The van der Waals surface area contributed by atoms with Crippen LogP contribution in [0.2, 0.25) is 0 Å². The first-order chi connectivity index (χ1) is 9.21. The number of piperidine rings is 1. The molecule has 7 heteroatoms. The molecule has 0 saturated carbocycles. The molecule has 0 spiro atoms. The summed E-state index contributed by atoms with van der Waals surface area (Å²) in [6, 6.07) is 5.56. The number of sulfone groups is 1. The highest BCUT2D eigenvalue weighted by atomic mass is 32.2. The van der Waals surface area contributed by atoms with Gasteiger partial charge < -0.3 is 0 Å². The summed E-state index contributed by atoms with van der Waals surface area (Å²) in [6.07, 6.45) is 2.75. The van der Waals surface area contributed by atoms with Crippen molar-refractivity contribution in [2.45, 2.75) is 29.6 Å². The molecule has 0 aliphatic carbocycles. The Morgan fingerprint density at radius 1 is 1.05 bits per heavy atom. The molecule has 0 atom stereocenters. The first-order valence-electron chi connectivity index (χ1n) is 6.51. The van der Waals surface area contributed by atoms with Crippen LogP contribution in [-0.4, -0.2) is 40.5 Å². The SMILES string of the molecule is CC1CCN(S(=O)(=O)c2cccc(S(C)(=O)=O)c2)CC1. The van der Waals surface area contributed by atoms with Crippen LogP contribution >= 0.6 is 0 Å². The van der Waals surface area contributed by atoms with Crippen molar-refractivity contribution in [3.8, 4) is 0 Å². The van der Waals surface area contributed by atoms with Crippen LogP contribution in [0, 0.1) is 5.92 Å². The van der Waals surface area contributed by atoms with E-state index in [2.05, 4.69) is 6.92 Å². The smallest absolute Gasteiger partial charge is 0.224 e. The molecule has 0 N–H and O–H groups in total. The highest BCUT2D eigenvalue weighted by Gasteiger charge is 2.28. The number of hydrogen-bond donors (Lipinski definition) is 0. The lowest BCUT2D eigenvalue weighted by Crippen LogP contribution is -2.37. The topological polar surface area (TPSA) is 71.5 Å². The third-order valence-corrected chi connectivity index (χ3v) is 6.62. The van der Waals surface area contributed by atoms with Crippen molar-refractivity contribution in [1.82, 2.24) is 4.31 Å². The first-order valence-corrected chi connectivity index (χ1v) is 9.84. The van der Waals surface area contributed by atoms with Crippen LogP contribution < -0.4 is 0 Å². The van der Waals surface area contributed by atoms with Gasteiger partial charge in [0.25, 0.3) is 0 Å². The fourth-order valence-corrected chi connectivity index (χ4v) is 4.50. The molecule has 0 aromatic heterocycles. The molecular weight excluding hydrogens is 298 g/mol. The number of benzene rings is 1. The molecule has 1 aliphatic heterocycles. The molecule has 112 valence electrons. The van der Waals surface area contributed by atoms with Gasteiger partial charge in [-0.05, 0) is 37.0 Å². The van der Waals surface area contributed by atoms with Crippen molar-refractivity contribution in [1.29, 1.82) is 0 Å². The van der Waals surface area contributed by atoms with Gasteiger partial charge in [0.05, 0.1) is 9.79 Å². The maximum atomic E-state index is 12.5. The van der Waals surface area contributed by atoms with Gasteiger partial charge in [0.1, 0.15) is 0 Å². The zero-order valence-corrected chi connectivity index (χ0v) is 13.2. The first kappa shape index (κ1) is 15.5. The molecule has 1 saturated heterocycles. The second-order valence-electron chi connectivity index (χ2n) is 5.33. The van der Waals surface area contributed by atoms with E-state index in [1.807, 2.05) is 0 Å². The summed E-state index contributed by atoms with van der Waals surface area (Å²) in [5.74, 6) is 0.531. The maximum absolute atomic E-state index is 12.5. The van der Waals surface area contributed by atoms with Gasteiger partial charge in [0, 0.05) is 19.3 Å². The summed E-state index contributed by atoms with van der Waals surface area (Å²) in [6.45, 7) is 3.09. The summed E-state index contributed by atoms with van der Waals surface area (Å²) in [5.41, 5.74) is 0. The van der Waals surface area contributed by atoms with E-state index in [9.17, 15) is 16.8 Å². The van der Waals surface area contributed by atoms with Gasteiger partial charge >= 0.3 is 0 Å². The lowest BCUT2D eigenvalue weighted by Gasteiger charge is -2.29. The van der Waals surface area contributed by atoms with Crippen molar-refractivity contribution in [3.63, 3.8) is 0 Å². The second kappa shape index (κ2) is 5.46. The van der Waals surface area contributed by atoms with Gasteiger partial charge in [-0.25, -0.2) is 16.8 Å². The van der Waals surface area contributed by atoms with Crippen LogP contribution in [0.15, 0.2) is 34.1 Å². The lowest BCUT2D eigenvalue weighted by molar-refractivity contribution is 0.288. The highest BCUT2D eigenvalue weighted by molar-refractivity contribution is 7.91. The van der Waals surface area contributed by atoms with Crippen molar-refractivity contribution < 1.29 is 16.8 Å². The molecular formula is C13H19NO4S2. The molecule has 1 heterocycles. The minimum atomic E-state index is -3.60. The molecule has 20 heavy (non-hydrogen) atoms. The van der Waals surface area contributed by atoms with Crippen LogP contribution in [0.25, 0.3) is 0 Å². The summed E-state index contributed by atoms with van der Waals surface area (Å²) < 4.78 is 49.5. The maximum Gasteiger partial charge on any atom is 0.243 e. The fraction of sp³-hybridized carbons (Fsp3) is 0.538. The fourth-order valence-electron chi connectivity index (χ4n) is 2.24. The van der Waals surface area contributed by atoms with Gasteiger partial charge in [0.15, 0.2) is 9.84 Å². The summed E-state index contributed by atoms with van der Waals surface area (Å²) >= 11 is 0. The van der Waals surface area contributed by atoms with E-state index < -0.39 is 19.9 Å². The summed E-state index contributed by atoms with van der Waals surface area (Å²) in [4.78, 5) is 0.0823. The average Bonchev–Trinajstić information content (AvgIpc) is 2.38. The largest absolute Gasteiger partial charge is 0.243 e. The minimum absolute atomic E-state index is 0.0314. The van der Waals surface area contributed by atoms with Crippen molar-refractivity contribution >= 4 is 19.9 Å². The Hall–Kier alpha value is -0.920. The van der Waals surface area contributed by atoms with E-state index in [4.69, 9.17) is 0 Å². The quantitative estimate of drug-likeness (QED) is 0.847. The van der Waals surface area contributed by atoms with E-state index in [1.165, 1.54) is 28.6 Å². The lowest BCUT2D eigenvalue weighted by atomic mass is 10.0. The van der Waals surface area contributed by atoms with E-state index in [-0.39, 0.29) is 9.79 Å². The molecule has 1 aliphatic rings. The van der Waals surface area contributed by atoms with Crippen molar-refractivity contribution in [2.75, 3.05) is 19.3 Å². The van der Waals surface area contributed by atoms with Crippen molar-refractivity contribution in [2.24, 2.45) is 5.92 Å². The molecule has 5 nitrogen and oxygen atoms in total. The van der Waals surface area contributed by atoms with E-state index >= 15 is 0 Å². The van der Waals surface area contributed by atoms with Gasteiger partial charge in [-0.3, -0.25) is 0 Å². The van der Waals surface area contributed by atoms with Crippen LogP contribution in [0.3, 0.4) is 0 Å². The molecule has 0 radical (unpaired) electrons. The number of hydrogen-bond acceptors (Lipinski definition) is 4. The van der Waals surface area contributed by atoms with Gasteiger partial charge in [-0.2, -0.15) is 4.31 Å². The molecule has 0 bridgehead atoms. The monoisotopic (exact) mass is 317 g/mol. The summed E-state index contributed by atoms with van der Waals surface area (Å²) in [7, 11) is -7.01. The third-order valence-electron chi connectivity index (χ3n) is 3.61. The van der Waals surface area contributed by atoms with Gasteiger partial charge in [0.2, 0.25) is 10.0 Å². The van der Waals surface area contributed by atoms with Gasteiger partial charge in [-0.15, -0.1) is 0 Å². The molecule has 1 fully saturated rings. The zero-order valence-electron chi connectivity index (χ0n) is 11.6. The average molecular weight is 317 g/mol. The minimum Gasteiger partial charge on any atom is -0.224 e. The Labute approximate surface area is 120 Å². The van der Waals surface area contributed by atoms with Crippen LogP contribution in [-0.2, 0) is 19.9 Å². The van der Waals surface area contributed by atoms with Gasteiger partial charge in [-0.1, -0.05) is 13.0 Å².